The molecule has 4 rings (SSSR count). The third-order valence-electron chi connectivity index (χ3n) is 3.77. The number of fused-ring (bicyclic) bond motifs is 5. The highest BCUT2D eigenvalue weighted by molar-refractivity contribution is 9.10. The lowest BCUT2D eigenvalue weighted by molar-refractivity contribution is 0.476. The van der Waals surface area contributed by atoms with E-state index in [2.05, 4.69) is 52.3 Å². The molecule has 0 heterocycles. The van der Waals surface area contributed by atoms with E-state index in [1.54, 1.807) is 6.07 Å². The molecule has 0 aliphatic heterocycles. The van der Waals surface area contributed by atoms with Crippen LogP contribution in [0.3, 0.4) is 0 Å². The second-order valence-electron chi connectivity index (χ2n) is 4.97. The Bertz CT molecular complexity index is 973. The van der Waals surface area contributed by atoms with Gasteiger partial charge in [-0.15, -0.1) is 0 Å². The van der Waals surface area contributed by atoms with Gasteiger partial charge in [0.15, 0.2) is 0 Å². The van der Waals surface area contributed by atoms with Gasteiger partial charge in [-0.2, -0.15) is 0 Å². The van der Waals surface area contributed by atoms with Gasteiger partial charge in [-0.25, -0.2) is 0 Å². The van der Waals surface area contributed by atoms with Crippen molar-refractivity contribution in [1.82, 2.24) is 0 Å². The van der Waals surface area contributed by atoms with Crippen molar-refractivity contribution in [3.05, 3.63) is 65.1 Å². The molecule has 1 N–H and O–H groups in total. The van der Waals surface area contributed by atoms with Crippen LogP contribution in [-0.4, -0.2) is 5.11 Å². The second-order valence-corrected chi connectivity index (χ2v) is 5.83. The highest BCUT2D eigenvalue weighted by atomic mass is 79.9. The van der Waals surface area contributed by atoms with E-state index >= 15 is 0 Å². The van der Waals surface area contributed by atoms with E-state index in [0.29, 0.717) is 5.75 Å². The van der Waals surface area contributed by atoms with Gasteiger partial charge in [0.25, 0.3) is 0 Å². The summed E-state index contributed by atoms with van der Waals surface area (Å²) in [5, 5.41) is 16.8. The predicted molar refractivity (Wildman–Crippen MR) is 88.3 cm³/mol. The van der Waals surface area contributed by atoms with Gasteiger partial charge >= 0.3 is 0 Å². The summed E-state index contributed by atoms with van der Waals surface area (Å²) in [5.41, 5.74) is 0. The summed E-state index contributed by atoms with van der Waals surface area (Å²) in [4.78, 5) is 0. The van der Waals surface area contributed by atoms with Gasteiger partial charge in [-0.05, 0) is 56.6 Å². The molecule has 0 saturated carbocycles. The quantitative estimate of drug-likeness (QED) is 0.417. The molecule has 0 unspecified atom stereocenters. The zero-order chi connectivity index (χ0) is 13.7. The van der Waals surface area contributed by atoms with E-state index in [0.717, 1.165) is 15.2 Å². The number of halogens is 1. The van der Waals surface area contributed by atoms with Crippen LogP contribution in [0.15, 0.2) is 65.1 Å². The Balaban J connectivity index is 2.37. The Morgan fingerprint density at radius 1 is 0.700 bits per heavy atom. The highest BCUT2D eigenvalue weighted by Crippen LogP contribution is 2.37. The Morgan fingerprint density at radius 3 is 2.40 bits per heavy atom. The SMILES string of the molecule is Oc1ccc2c(Br)cc3ccc4ccccc4c3c2c1. The van der Waals surface area contributed by atoms with Gasteiger partial charge in [0.05, 0.1) is 0 Å². The predicted octanol–water partition coefficient (Wildman–Crippen LogP) is 5.61. The first kappa shape index (κ1) is 11.7. The smallest absolute Gasteiger partial charge is 0.116 e. The molecule has 0 fully saturated rings. The van der Waals surface area contributed by atoms with Crippen molar-refractivity contribution in [1.29, 1.82) is 0 Å². The minimum atomic E-state index is 0.296. The Labute approximate surface area is 124 Å². The maximum Gasteiger partial charge on any atom is 0.116 e. The first-order chi connectivity index (χ1) is 9.74. The molecule has 0 bridgehead atoms. The number of phenolic OH excluding ortho intramolecular Hbond substituents is 1. The summed E-state index contributed by atoms with van der Waals surface area (Å²) in [5.74, 6) is 0.296. The third kappa shape index (κ3) is 1.61. The zero-order valence-corrected chi connectivity index (χ0v) is 12.2. The lowest BCUT2D eigenvalue weighted by Crippen LogP contribution is -1.82. The molecule has 0 amide bonds. The van der Waals surface area contributed by atoms with Crippen LogP contribution >= 0.6 is 15.9 Å². The first-order valence-electron chi connectivity index (χ1n) is 6.47. The zero-order valence-electron chi connectivity index (χ0n) is 10.6. The van der Waals surface area contributed by atoms with Gasteiger partial charge in [0.1, 0.15) is 5.75 Å². The highest BCUT2D eigenvalue weighted by Gasteiger charge is 2.08. The number of hydrogen-bond donors (Lipinski definition) is 1. The van der Waals surface area contributed by atoms with Crippen molar-refractivity contribution in [2.24, 2.45) is 0 Å². The number of benzene rings is 4. The number of aromatic hydroxyl groups is 1. The van der Waals surface area contributed by atoms with Gasteiger partial charge in [-0.1, -0.05) is 52.3 Å². The Hall–Kier alpha value is -2.06. The molecule has 0 atom stereocenters. The van der Waals surface area contributed by atoms with E-state index in [4.69, 9.17) is 0 Å². The fourth-order valence-corrected chi connectivity index (χ4v) is 3.46. The van der Waals surface area contributed by atoms with Crippen molar-refractivity contribution >= 4 is 48.2 Å². The average Bonchev–Trinajstić information content (AvgIpc) is 2.46. The summed E-state index contributed by atoms with van der Waals surface area (Å²) in [6.45, 7) is 0. The molecule has 4 aromatic carbocycles. The third-order valence-corrected chi connectivity index (χ3v) is 4.43. The second kappa shape index (κ2) is 4.22. The van der Waals surface area contributed by atoms with Crippen LogP contribution in [-0.2, 0) is 0 Å². The molecule has 2 heteroatoms. The number of hydrogen-bond acceptors (Lipinski definition) is 1. The van der Waals surface area contributed by atoms with Crippen LogP contribution in [0.1, 0.15) is 0 Å². The molecule has 0 aromatic heterocycles. The largest absolute Gasteiger partial charge is 0.508 e. The summed E-state index contributed by atoms with van der Waals surface area (Å²) >= 11 is 3.62. The molecule has 0 spiro atoms. The minimum absolute atomic E-state index is 0.296. The maximum atomic E-state index is 9.84. The maximum absolute atomic E-state index is 9.84. The van der Waals surface area contributed by atoms with Crippen molar-refractivity contribution in [3.8, 4) is 5.75 Å². The van der Waals surface area contributed by atoms with Gasteiger partial charge in [-0.3, -0.25) is 0 Å². The van der Waals surface area contributed by atoms with E-state index in [-0.39, 0.29) is 0 Å². The normalized spacial score (nSPS) is 11.4. The standard InChI is InChI=1S/C18H11BrO/c19-17-9-12-6-5-11-3-1-2-4-14(11)18(12)16-10-13(20)7-8-15(16)17/h1-10,20H. The van der Waals surface area contributed by atoms with Crippen LogP contribution in [0.4, 0.5) is 0 Å². The van der Waals surface area contributed by atoms with Crippen LogP contribution in [0, 0.1) is 0 Å². The van der Waals surface area contributed by atoms with E-state index in [1.807, 2.05) is 18.2 Å². The van der Waals surface area contributed by atoms with Crippen molar-refractivity contribution in [3.63, 3.8) is 0 Å². The fourth-order valence-electron chi connectivity index (χ4n) is 2.87. The first-order valence-corrected chi connectivity index (χ1v) is 7.26. The van der Waals surface area contributed by atoms with Gasteiger partial charge in [0, 0.05) is 4.47 Å². The molecular formula is C18H11BrO. The molecular weight excluding hydrogens is 312 g/mol. The number of rotatable bonds is 0. The molecule has 0 radical (unpaired) electrons. The van der Waals surface area contributed by atoms with Crippen molar-refractivity contribution in [2.75, 3.05) is 0 Å². The summed E-state index contributed by atoms with van der Waals surface area (Å²) in [6, 6.07) is 20.3. The number of phenols is 1. The van der Waals surface area contributed by atoms with Crippen LogP contribution in [0.2, 0.25) is 0 Å². The topological polar surface area (TPSA) is 20.2 Å². The molecule has 0 aliphatic carbocycles. The fraction of sp³-hybridized carbons (Fsp3) is 0. The lowest BCUT2D eigenvalue weighted by atomic mass is 9.96. The van der Waals surface area contributed by atoms with E-state index in [9.17, 15) is 5.11 Å². The molecule has 96 valence electrons. The summed E-state index contributed by atoms with van der Waals surface area (Å²) in [6.07, 6.45) is 0. The lowest BCUT2D eigenvalue weighted by Gasteiger charge is -2.10. The minimum Gasteiger partial charge on any atom is -0.508 e. The summed E-state index contributed by atoms with van der Waals surface area (Å²) < 4.78 is 1.05. The summed E-state index contributed by atoms with van der Waals surface area (Å²) in [7, 11) is 0. The average molecular weight is 323 g/mol. The van der Waals surface area contributed by atoms with Crippen LogP contribution in [0.25, 0.3) is 32.3 Å². The molecule has 0 aliphatic rings. The van der Waals surface area contributed by atoms with E-state index in [1.165, 1.54) is 21.5 Å². The Kier molecular flexibility index (Phi) is 2.48. The van der Waals surface area contributed by atoms with Crippen molar-refractivity contribution in [2.45, 2.75) is 0 Å². The Morgan fingerprint density at radius 2 is 1.50 bits per heavy atom. The van der Waals surface area contributed by atoms with E-state index < -0.39 is 0 Å². The van der Waals surface area contributed by atoms with Gasteiger partial charge < -0.3 is 5.11 Å². The molecule has 4 aromatic rings. The van der Waals surface area contributed by atoms with Crippen molar-refractivity contribution < 1.29 is 5.11 Å². The van der Waals surface area contributed by atoms with Crippen LogP contribution in [0.5, 0.6) is 5.75 Å². The molecule has 20 heavy (non-hydrogen) atoms. The van der Waals surface area contributed by atoms with Crippen LogP contribution < -0.4 is 0 Å². The molecule has 1 nitrogen and oxygen atoms in total. The van der Waals surface area contributed by atoms with Gasteiger partial charge in [0.2, 0.25) is 0 Å². The monoisotopic (exact) mass is 322 g/mol. The molecule has 0 saturated heterocycles.